The first kappa shape index (κ1) is 16.3. The van der Waals surface area contributed by atoms with E-state index in [4.69, 9.17) is 4.74 Å². The molecular formula is C23H20N2O. The van der Waals surface area contributed by atoms with Crippen LogP contribution >= 0.6 is 0 Å². The fourth-order valence-corrected chi connectivity index (χ4v) is 3.07. The Morgan fingerprint density at radius 3 is 2.23 bits per heavy atom. The van der Waals surface area contributed by atoms with Crippen LogP contribution in [0.15, 0.2) is 85.2 Å². The summed E-state index contributed by atoms with van der Waals surface area (Å²) in [5.41, 5.74) is 3.45. The van der Waals surface area contributed by atoms with Gasteiger partial charge in [0.15, 0.2) is 0 Å². The van der Waals surface area contributed by atoms with Gasteiger partial charge in [0, 0.05) is 5.39 Å². The van der Waals surface area contributed by atoms with Crippen LogP contribution in [0.5, 0.6) is 11.5 Å². The van der Waals surface area contributed by atoms with Gasteiger partial charge in [0.2, 0.25) is 0 Å². The molecular weight excluding hydrogens is 320 g/mol. The second-order valence-electron chi connectivity index (χ2n) is 6.25. The predicted molar refractivity (Wildman–Crippen MR) is 105 cm³/mol. The average Bonchev–Trinajstić information content (AvgIpc) is 2.70. The Bertz CT molecular complexity index is 976. The van der Waals surface area contributed by atoms with Crippen LogP contribution in [0.25, 0.3) is 10.9 Å². The molecule has 128 valence electrons. The molecule has 3 aromatic carbocycles. The van der Waals surface area contributed by atoms with Crippen LogP contribution in [0.4, 0.5) is 0 Å². The van der Waals surface area contributed by atoms with Crippen molar-refractivity contribution in [2.45, 2.75) is 19.3 Å². The van der Waals surface area contributed by atoms with Gasteiger partial charge in [-0.15, -0.1) is 0 Å². The molecule has 0 fully saturated rings. The summed E-state index contributed by atoms with van der Waals surface area (Å²) < 4.78 is 5.84. The lowest BCUT2D eigenvalue weighted by Crippen LogP contribution is -1.96. The molecule has 0 saturated carbocycles. The summed E-state index contributed by atoms with van der Waals surface area (Å²) in [4.78, 5) is 8.80. The predicted octanol–water partition coefficient (Wildman–Crippen LogP) is 5.60. The molecule has 0 N–H and O–H groups in total. The van der Waals surface area contributed by atoms with Crippen LogP contribution in [0.1, 0.15) is 17.7 Å². The van der Waals surface area contributed by atoms with E-state index in [1.807, 2.05) is 60.7 Å². The third-order valence-corrected chi connectivity index (χ3v) is 4.41. The van der Waals surface area contributed by atoms with Crippen LogP contribution in [0.2, 0.25) is 0 Å². The molecule has 0 aliphatic rings. The van der Waals surface area contributed by atoms with Gasteiger partial charge in [0.25, 0.3) is 0 Å². The number of hydrogen-bond acceptors (Lipinski definition) is 3. The first-order valence-corrected chi connectivity index (χ1v) is 8.89. The first-order chi connectivity index (χ1) is 12.9. The number of benzene rings is 3. The number of fused-ring (bicyclic) bond motifs is 1. The SMILES string of the molecule is c1ccc(Oc2ccc(CCCc3ncnc4ccccc34)cc2)cc1. The number of rotatable bonds is 6. The molecule has 0 bridgehead atoms. The van der Waals surface area contributed by atoms with Crippen molar-refractivity contribution in [3.8, 4) is 11.5 Å². The summed E-state index contributed by atoms with van der Waals surface area (Å²) in [7, 11) is 0. The van der Waals surface area contributed by atoms with Crippen LogP contribution < -0.4 is 4.74 Å². The normalized spacial score (nSPS) is 10.8. The van der Waals surface area contributed by atoms with Crippen LogP contribution in [-0.2, 0) is 12.8 Å². The number of nitrogens with zero attached hydrogens (tertiary/aromatic N) is 2. The van der Waals surface area contributed by atoms with Gasteiger partial charge in [-0.2, -0.15) is 0 Å². The maximum atomic E-state index is 5.84. The number of aromatic nitrogens is 2. The third kappa shape index (κ3) is 3.89. The summed E-state index contributed by atoms with van der Waals surface area (Å²) in [5, 5.41) is 1.15. The number of aryl methyl sites for hydroxylation is 2. The highest BCUT2D eigenvalue weighted by molar-refractivity contribution is 5.80. The van der Waals surface area contributed by atoms with Crippen molar-refractivity contribution < 1.29 is 4.74 Å². The van der Waals surface area contributed by atoms with Gasteiger partial charge >= 0.3 is 0 Å². The molecule has 0 saturated heterocycles. The van der Waals surface area contributed by atoms with Crippen LogP contribution in [0.3, 0.4) is 0 Å². The molecule has 0 radical (unpaired) electrons. The third-order valence-electron chi connectivity index (χ3n) is 4.41. The summed E-state index contributed by atoms with van der Waals surface area (Å²) in [6.07, 6.45) is 4.68. The molecule has 0 atom stereocenters. The lowest BCUT2D eigenvalue weighted by atomic mass is 10.0. The zero-order chi connectivity index (χ0) is 17.6. The quantitative estimate of drug-likeness (QED) is 0.458. The summed E-state index contributed by atoms with van der Waals surface area (Å²) in [6, 6.07) is 26.4. The zero-order valence-corrected chi connectivity index (χ0v) is 14.5. The van der Waals surface area contributed by atoms with Crippen molar-refractivity contribution >= 4 is 10.9 Å². The van der Waals surface area contributed by atoms with Gasteiger partial charge in [0.05, 0.1) is 11.2 Å². The second kappa shape index (κ2) is 7.79. The van der Waals surface area contributed by atoms with Crippen molar-refractivity contribution in [1.29, 1.82) is 0 Å². The highest BCUT2D eigenvalue weighted by Crippen LogP contribution is 2.22. The molecule has 0 spiro atoms. The molecule has 1 aromatic heterocycles. The van der Waals surface area contributed by atoms with Gasteiger partial charge in [0.1, 0.15) is 17.8 Å². The number of hydrogen-bond donors (Lipinski definition) is 0. The number of ether oxygens (including phenoxy) is 1. The Kier molecular flexibility index (Phi) is 4.88. The Balaban J connectivity index is 1.36. The van der Waals surface area contributed by atoms with E-state index in [9.17, 15) is 0 Å². The van der Waals surface area contributed by atoms with Gasteiger partial charge < -0.3 is 4.74 Å². The minimum atomic E-state index is 0.857. The molecule has 0 unspecified atom stereocenters. The maximum absolute atomic E-state index is 5.84. The molecule has 0 aliphatic carbocycles. The van der Waals surface area contributed by atoms with Gasteiger partial charge in [-0.1, -0.05) is 48.5 Å². The van der Waals surface area contributed by atoms with Gasteiger partial charge in [-0.25, -0.2) is 9.97 Å². The molecule has 3 nitrogen and oxygen atoms in total. The average molecular weight is 340 g/mol. The second-order valence-corrected chi connectivity index (χ2v) is 6.25. The van der Waals surface area contributed by atoms with E-state index < -0.39 is 0 Å². The van der Waals surface area contributed by atoms with E-state index in [-0.39, 0.29) is 0 Å². The Morgan fingerprint density at radius 1 is 0.654 bits per heavy atom. The van der Waals surface area contributed by atoms with E-state index in [0.717, 1.165) is 47.4 Å². The standard InChI is InChI=1S/C23H20N2O/c1-2-8-19(9-3-1)26-20-15-13-18(14-16-20)7-6-12-23-21-10-4-5-11-22(21)24-17-25-23/h1-5,8-11,13-17H,6-7,12H2. The Hall–Kier alpha value is -3.20. The van der Waals surface area contributed by atoms with Crippen molar-refractivity contribution in [3.63, 3.8) is 0 Å². The van der Waals surface area contributed by atoms with Crippen LogP contribution in [0, 0.1) is 0 Å². The Morgan fingerprint density at radius 2 is 1.38 bits per heavy atom. The summed E-state index contributed by atoms with van der Waals surface area (Å²) in [6.45, 7) is 0. The van der Waals surface area contributed by atoms with Crippen molar-refractivity contribution in [2.24, 2.45) is 0 Å². The molecule has 4 rings (SSSR count). The fourth-order valence-electron chi connectivity index (χ4n) is 3.07. The molecule has 4 aromatic rings. The van der Waals surface area contributed by atoms with Crippen LogP contribution in [-0.4, -0.2) is 9.97 Å². The van der Waals surface area contributed by atoms with Crippen molar-refractivity contribution in [3.05, 3.63) is 96.4 Å². The van der Waals surface area contributed by atoms with Crippen molar-refractivity contribution in [1.82, 2.24) is 9.97 Å². The molecule has 1 heterocycles. The lowest BCUT2D eigenvalue weighted by molar-refractivity contribution is 0.482. The summed E-state index contributed by atoms with van der Waals surface area (Å²) in [5.74, 6) is 1.72. The van der Waals surface area contributed by atoms with E-state index in [1.54, 1.807) is 6.33 Å². The largest absolute Gasteiger partial charge is 0.457 e. The minimum Gasteiger partial charge on any atom is -0.457 e. The highest BCUT2D eigenvalue weighted by Gasteiger charge is 2.04. The molecule has 0 amide bonds. The Labute approximate surface area is 153 Å². The topological polar surface area (TPSA) is 35.0 Å². The minimum absolute atomic E-state index is 0.857. The molecule has 3 heteroatoms. The maximum Gasteiger partial charge on any atom is 0.127 e. The molecule has 26 heavy (non-hydrogen) atoms. The van der Waals surface area contributed by atoms with E-state index in [1.165, 1.54) is 5.56 Å². The van der Waals surface area contributed by atoms with Gasteiger partial charge in [-0.05, 0) is 55.2 Å². The van der Waals surface area contributed by atoms with E-state index in [0.29, 0.717) is 0 Å². The fraction of sp³-hybridized carbons (Fsp3) is 0.130. The highest BCUT2D eigenvalue weighted by atomic mass is 16.5. The lowest BCUT2D eigenvalue weighted by Gasteiger charge is -2.07. The van der Waals surface area contributed by atoms with Gasteiger partial charge in [-0.3, -0.25) is 0 Å². The zero-order valence-electron chi connectivity index (χ0n) is 14.5. The number of para-hydroxylation sites is 2. The first-order valence-electron chi connectivity index (χ1n) is 8.89. The van der Waals surface area contributed by atoms with E-state index in [2.05, 4.69) is 28.2 Å². The molecule has 0 aliphatic heterocycles. The van der Waals surface area contributed by atoms with E-state index >= 15 is 0 Å². The smallest absolute Gasteiger partial charge is 0.127 e. The monoisotopic (exact) mass is 340 g/mol. The summed E-state index contributed by atoms with van der Waals surface area (Å²) >= 11 is 0. The van der Waals surface area contributed by atoms with Crippen molar-refractivity contribution in [2.75, 3.05) is 0 Å².